The zero-order valence-corrected chi connectivity index (χ0v) is 52.5. The van der Waals surface area contributed by atoms with Gasteiger partial charge in [-0.1, -0.05) is 242 Å². The van der Waals surface area contributed by atoms with Crippen LogP contribution in [0.25, 0.3) is 64.6 Å². The molecule has 440 valence electrons. The molecule has 15 aromatic carbocycles. The molecule has 0 atom stereocenters. The average Bonchev–Trinajstić information content (AvgIpc) is 0.758. The van der Waals surface area contributed by atoms with E-state index in [1.165, 1.54) is 81.3 Å². The molecule has 0 saturated heterocycles. The first-order valence-corrected chi connectivity index (χ1v) is 32.1. The smallest absolute Gasteiger partial charge is 0.0705 e. The standard InChI is InChI=1S/C87H72N4/c1-58(2)67-37-46-82(85(55-67)88(76-40-31-61-19-7-13-25-70(61)49-76)77-41-32-62-20-8-14-26-71(62)50-77)91(83-47-38-68(59(3)4)56-86(83)89(78-42-33-63-21-9-15-27-72(63)51-78)79-43-34-64-22-10-16-28-73(64)52-79)84-48-39-69(60(5)6)57-87(84)90(80-44-35-65-23-11-17-29-74(65)53-80)81-45-36-66-24-12-18-30-75(66)54-81/h7-60H,1-6H3. The van der Waals surface area contributed by atoms with Gasteiger partial charge >= 0.3 is 0 Å². The summed E-state index contributed by atoms with van der Waals surface area (Å²) >= 11 is 0. The van der Waals surface area contributed by atoms with Crippen molar-refractivity contribution >= 4 is 133 Å². The molecule has 0 aliphatic heterocycles. The van der Waals surface area contributed by atoms with Crippen LogP contribution in [0.3, 0.4) is 0 Å². The Morgan fingerprint density at radius 2 is 0.352 bits per heavy atom. The molecule has 0 aliphatic rings. The highest BCUT2D eigenvalue weighted by Gasteiger charge is 2.32. The van der Waals surface area contributed by atoms with Crippen LogP contribution in [0, 0.1) is 0 Å². The van der Waals surface area contributed by atoms with Gasteiger partial charge in [0.15, 0.2) is 0 Å². The Hall–Kier alpha value is -10.9. The Morgan fingerprint density at radius 1 is 0.165 bits per heavy atom. The van der Waals surface area contributed by atoms with Gasteiger partial charge < -0.3 is 19.6 Å². The molecule has 4 nitrogen and oxygen atoms in total. The minimum absolute atomic E-state index is 0.214. The van der Waals surface area contributed by atoms with Crippen LogP contribution in [-0.4, -0.2) is 0 Å². The van der Waals surface area contributed by atoms with Crippen LogP contribution in [0.1, 0.15) is 76.0 Å². The summed E-state index contributed by atoms with van der Waals surface area (Å²) in [7, 11) is 0. The quantitative estimate of drug-likeness (QED) is 0.101. The van der Waals surface area contributed by atoms with Crippen LogP contribution >= 0.6 is 0 Å². The van der Waals surface area contributed by atoms with E-state index in [0.717, 1.165) is 68.2 Å². The number of benzene rings is 15. The highest BCUT2D eigenvalue weighted by atomic mass is 15.3. The van der Waals surface area contributed by atoms with Crippen molar-refractivity contribution in [1.29, 1.82) is 0 Å². The van der Waals surface area contributed by atoms with Crippen molar-refractivity contribution in [2.75, 3.05) is 19.6 Å². The summed E-state index contributed by atoms with van der Waals surface area (Å²) in [4.78, 5) is 10.2. The Labute approximate surface area is 534 Å². The molecule has 0 aliphatic carbocycles. The fraction of sp³-hybridized carbons (Fsp3) is 0.103. The largest absolute Gasteiger partial charge is 0.308 e. The van der Waals surface area contributed by atoms with Crippen LogP contribution in [-0.2, 0) is 0 Å². The second-order valence-corrected chi connectivity index (χ2v) is 25.2. The Kier molecular flexibility index (Phi) is 14.8. The van der Waals surface area contributed by atoms with Crippen LogP contribution in [0.15, 0.2) is 309 Å². The number of anilines is 12. The van der Waals surface area contributed by atoms with Gasteiger partial charge in [-0.05, 0) is 208 Å². The first-order valence-electron chi connectivity index (χ1n) is 32.1. The third-order valence-corrected chi connectivity index (χ3v) is 18.4. The Bertz CT molecular complexity index is 4470. The number of hydrogen-bond donors (Lipinski definition) is 0. The summed E-state index contributed by atoms with van der Waals surface area (Å²) in [6.45, 7) is 13.9. The maximum absolute atomic E-state index is 2.61. The lowest BCUT2D eigenvalue weighted by Crippen LogP contribution is -2.22. The zero-order valence-electron chi connectivity index (χ0n) is 52.5. The van der Waals surface area contributed by atoms with E-state index in [9.17, 15) is 0 Å². The van der Waals surface area contributed by atoms with Gasteiger partial charge in [-0.25, -0.2) is 0 Å². The average molecular weight is 1170 g/mol. The molecule has 0 amide bonds. The molecule has 0 unspecified atom stereocenters. The molecule has 0 heterocycles. The highest BCUT2D eigenvalue weighted by molar-refractivity contribution is 6.05. The van der Waals surface area contributed by atoms with E-state index in [1.807, 2.05) is 0 Å². The summed E-state index contributed by atoms with van der Waals surface area (Å²) in [6, 6.07) is 116. The van der Waals surface area contributed by atoms with E-state index >= 15 is 0 Å². The molecule has 0 spiro atoms. The SMILES string of the molecule is CC(C)c1ccc(N(c2ccc(C(C)C)cc2N(c2ccc3ccccc3c2)c2ccc3ccccc3c2)c2ccc(C(C)C)cc2N(c2ccc3ccccc3c2)c2ccc3ccccc3c2)c(N(c2ccc3ccccc3c2)c2ccc3ccccc3c2)c1. The second-order valence-electron chi connectivity index (χ2n) is 25.2. The number of nitrogens with zero attached hydrogens (tertiary/aromatic N) is 4. The lowest BCUT2D eigenvalue weighted by Gasteiger charge is -2.39. The fourth-order valence-corrected chi connectivity index (χ4v) is 13.4. The maximum atomic E-state index is 2.61. The molecule has 0 bridgehead atoms. The van der Waals surface area contributed by atoms with Gasteiger partial charge in [0, 0.05) is 34.1 Å². The van der Waals surface area contributed by atoms with E-state index < -0.39 is 0 Å². The predicted octanol–water partition coefficient (Wildman–Crippen LogP) is 25.9. The van der Waals surface area contributed by atoms with Crippen molar-refractivity contribution < 1.29 is 0 Å². The van der Waals surface area contributed by atoms with Gasteiger partial charge in [0.25, 0.3) is 0 Å². The molecule has 0 aromatic heterocycles. The molecule has 0 fully saturated rings. The third-order valence-electron chi connectivity index (χ3n) is 18.4. The first kappa shape index (κ1) is 56.6. The van der Waals surface area contributed by atoms with E-state index in [1.54, 1.807) is 0 Å². The van der Waals surface area contributed by atoms with Gasteiger partial charge in [-0.2, -0.15) is 0 Å². The summed E-state index contributed by atoms with van der Waals surface area (Å²) in [6.07, 6.45) is 0. The second kappa shape index (κ2) is 23.9. The molecule has 15 aromatic rings. The van der Waals surface area contributed by atoms with E-state index in [0.29, 0.717) is 0 Å². The van der Waals surface area contributed by atoms with Crippen LogP contribution < -0.4 is 19.6 Å². The number of rotatable bonds is 15. The molecule has 0 radical (unpaired) electrons. The van der Waals surface area contributed by atoms with Crippen LogP contribution in [0.2, 0.25) is 0 Å². The van der Waals surface area contributed by atoms with Crippen molar-refractivity contribution in [3.63, 3.8) is 0 Å². The molecule has 91 heavy (non-hydrogen) atoms. The Balaban J connectivity index is 1.10. The van der Waals surface area contributed by atoms with Crippen molar-refractivity contribution in [3.05, 3.63) is 326 Å². The van der Waals surface area contributed by atoms with Gasteiger partial charge in [0.1, 0.15) is 0 Å². The predicted molar refractivity (Wildman–Crippen MR) is 392 cm³/mol. The highest BCUT2D eigenvalue weighted by Crippen LogP contribution is 2.56. The lowest BCUT2D eigenvalue weighted by molar-refractivity contribution is 0.864. The number of hydrogen-bond acceptors (Lipinski definition) is 4. The topological polar surface area (TPSA) is 13.0 Å². The van der Waals surface area contributed by atoms with Crippen molar-refractivity contribution in [2.24, 2.45) is 0 Å². The zero-order chi connectivity index (χ0) is 61.7. The normalized spacial score (nSPS) is 11.7. The minimum Gasteiger partial charge on any atom is -0.308 e. The van der Waals surface area contributed by atoms with Gasteiger partial charge in [-0.15, -0.1) is 0 Å². The summed E-state index contributed by atoms with van der Waals surface area (Å²) in [5.41, 5.74) is 16.2. The molecule has 15 rings (SSSR count). The third kappa shape index (κ3) is 10.8. The van der Waals surface area contributed by atoms with Gasteiger partial charge in [-0.3, -0.25) is 0 Å². The van der Waals surface area contributed by atoms with E-state index in [2.05, 4.69) is 371 Å². The van der Waals surface area contributed by atoms with E-state index in [-0.39, 0.29) is 17.8 Å². The molecule has 0 N–H and O–H groups in total. The molecular weight excluding hydrogens is 1100 g/mol. The minimum atomic E-state index is 0.214. The lowest BCUT2D eigenvalue weighted by atomic mass is 9.96. The molecule has 0 saturated carbocycles. The van der Waals surface area contributed by atoms with Gasteiger partial charge in [0.2, 0.25) is 0 Å². The number of fused-ring (bicyclic) bond motifs is 6. The van der Waals surface area contributed by atoms with Crippen molar-refractivity contribution in [1.82, 2.24) is 0 Å². The van der Waals surface area contributed by atoms with Gasteiger partial charge in [0.05, 0.1) is 34.1 Å². The van der Waals surface area contributed by atoms with Crippen molar-refractivity contribution in [2.45, 2.75) is 59.3 Å². The maximum Gasteiger partial charge on any atom is 0.0705 e. The monoisotopic (exact) mass is 1170 g/mol. The summed E-state index contributed by atoms with van der Waals surface area (Å²) in [5.74, 6) is 0.641. The summed E-state index contributed by atoms with van der Waals surface area (Å²) in [5, 5.41) is 14.2. The summed E-state index contributed by atoms with van der Waals surface area (Å²) < 4.78 is 0. The first-order chi connectivity index (χ1) is 44.6. The fourth-order valence-electron chi connectivity index (χ4n) is 13.4. The Morgan fingerprint density at radius 3 is 0.538 bits per heavy atom. The van der Waals surface area contributed by atoms with Crippen LogP contribution in [0.5, 0.6) is 0 Å². The van der Waals surface area contributed by atoms with Crippen LogP contribution in [0.4, 0.5) is 68.2 Å². The van der Waals surface area contributed by atoms with Crippen molar-refractivity contribution in [3.8, 4) is 0 Å². The molecule has 4 heteroatoms. The molecular formula is C87H72N4. The van der Waals surface area contributed by atoms with E-state index in [4.69, 9.17) is 0 Å².